The summed E-state index contributed by atoms with van der Waals surface area (Å²) >= 11 is 3.50. The Kier molecular flexibility index (Phi) is 4.28. The molecule has 92 valence electrons. The van der Waals surface area contributed by atoms with E-state index in [1.54, 1.807) is 0 Å². The zero-order chi connectivity index (χ0) is 11.5. The molecule has 1 aliphatic carbocycles. The first kappa shape index (κ1) is 12.4. The fourth-order valence-corrected chi connectivity index (χ4v) is 3.58. The minimum absolute atomic E-state index is 0.0851. The molecule has 0 bridgehead atoms. The van der Waals surface area contributed by atoms with Crippen molar-refractivity contribution in [3.63, 3.8) is 0 Å². The Morgan fingerprint density at radius 1 is 1.12 bits per heavy atom. The SMILES string of the molecule is CC1CCCC(N2CCCC(Br)C2=O)CC1. The van der Waals surface area contributed by atoms with E-state index in [9.17, 15) is 4.79 Å². The van der Waals surface area contributed by atoms with E-state index in [-0.39, 0.29) is 4.83 Å². The van der Waals surface area contributed by atoms with Crippen LogP contribution in [0.5, 0.6) is 0 Å². The van der Waals surface area contributed by atoms with Crippen LogP contribution in [-0.4, -0.2) is 28.2 Å². The largest absolute Gasteiger partial charge is 0.339 e. The van der Waals surface area contributed by atoms with E-state index >= 15 is 0 Å². The predicted molar refractivity (Wildman–Crippen MR) is 69.7 cm³/mol. The van der Waals surface area contributed by atoms with Gasteiger partial charge in [-0.25, -0.2) is 0 Å². The highest BCUT2D eigenvalue weighted by Crippen LogP contribution is 2.29. The van der Waals surface area contributed by atoms with Crippen LogP contribution in [0.1, 0.15) is 51.9 Å². The van der Waals surface area contributed by atoms with Crippen LogP contribution in [0.3, 0.4) is 0 Å². The van der Waals surface area contributed by atoms with Gasteiger partial charge in [0.1, 0.15) is 0 Å². The molecule has 0 radical (unpaired) electrons. The number of hydrogen-bond acceptors (Lipinski definition) is 1. The third-order valence-corrected chi connectivity index (χ3v) is 4.92. The second kappa shape index (κ2) is 5.52. The van der Waals surface area contributed by atoms with Gasteiger partial charge in [0.2, 0.25) is 5.91 Å². The minimum atomic E-state index is 0.0851. The van der Waals surface area contributed by atoms with Gasteiger partial charge in [0, 0.05) is 12.6 Å². The molecule has 2 nitrogen and oxygen atoms in total. The number of likely N-dealkylation sites (tertiary alicyclic amines) is 1. The summed E-state index contributed by atoms with van der Waals surface area (Å²) < 4.78 is 0. The second-order valence-electron chi connectivity index (χ2n) is 5.41. The predicted octanol–water partition coefficient (Wildman–Crippen LogP) is 3.34. The number of rotatable bonds is 1. The Labute approximate surface area is 107 Å². The smallest absolute Gasteiger partial charge is 0.236 e. The Balaban J connectivity index is 1.97. The lowest BCUT2D eigenvalue weighted by molar-refractivity contribution is -0.135. The Hall–Kier alpha value is -0.0500. The van der Waals surface area contributed by atoms with Gasteiger partial charge >= 0.3 is 0 Å². The molecule has 3 heteroatoms. The molecule has 3 atom stereocenters. The number of piperidine rings is 1. The first-order valence-electron chi connectivity index (χ1n) is 6.63. The molecule has 2 rings (SSSR count). The van der Waals surface area contributed by atoms with E-state index in [1.807, 2.05) is 0 Å². The lowest BCUT2D eigenvalue weighted by atomic mass is 10.0. The van der Waals surface area contributed by atoms with Crippen LogP contribution in [0.15, 0.2) is 0 Å². The van der Waals surface area contributed by atoms with Gasteiger partial charge in [-0.1, -0.05) is 35.7 Å². The van der Waals surface area contributed by atoms with Gasteiger partial charge in [-0.2, -0.15) is 0 Å². The van der Waals surface area contributed by atoms with Gasteiger partial charge in [0.25, 0.3) is 0 Å². The number of hydrogen-bond donors (Lipinski definition) is 0. The molecule has 1 aliphatic heterocycles. The third-order valence-electron chi connectivity index (χ3n) is 4.08. The summed E-state index contributed by atoms with van der Waals surface area (Å²) in [4.78, 5) is 14.3. The van der Waals surface area contributed by atoms with Crippen molar-refractivity contribution in [2.24, 2.45) is 5.92 Å². The average Bonchev–Trinajstić information content (AvgIpc) is 2.47. The van der Waals surface area contributed by atoms with Gasteiger partial charge in [0.15, 0.2) is 0 Å². The van der Waals surface area contributed by atoms with Crippen LogP contribution in [0.4, 0.5) is 0 Å². The topological polar surface area (TPSA) is 20.3 Å². The fraction of sp³-hybridized carbons (Fsp3) is 0.923. The first-order valence-corrected chi connectivity index (χ1v) is 7.54. The monoisotopic (exact) mass is 287 g/mol. The highest BCUT2D eigenvalue weighted by Gasteiger charge is 2.32. The van der Waals surface area contributed by atoms with Gasteiger partial charge in [-0.15, -0.1) is 0 Å². The van der Waals surface area contributed by atoms with Crippen molar-refractivity contribution >= 4 is 21.8 Å². The van der Waals surface area contributed by atoms with E-state index in [0.717, 1.165) is 25.3 Å². The normalized spacial score (nSPS) is 37.2. The number of amides is 1. The quantitative estimate of drug-likeness (QED) is 0.535. The van der Waals surface area contributed by atoms with Crippen LogP contribution in [-0.2, 0) is 4.79 Å². The van der Waals surface area contributed by atoms with Crippen LogP contribution in [0.25, 0.3) is 0 Å². The zero-order valence-electron chi connectivity index (χ0n) is 10.1. The molecule has 16 heavy (non-hydrogen) atoms. The molecule has 1 saturated heterocycles. The Morgan fingerprint density at radius 3 is 2.75 bits per heavy atom. The maximum Gasteiger partial charge on any atom is 0.236 e. The highest BCUT2D eigenvalue weighted by molar-refractivity contribution is 9.10. The lowest BCUT2D eigenvalue weighted by Crippen LogP contribution is -2.47. The zero-order valence-corrected chi connectivity index (χ0v) is 11.7. The van der Waals surface area contributed by atoms with Crippen molar-refractivity contribution in [2.75, 3.05) is 6.54 Å². The molecule has 1 saturated carbocycles. The van der Waals surface area contributed by atoms with Crippen molar-refractivity contribution in [3.05, 3.63) is 0 Å². The summed E-state index contributed by atoms with van der Waals surface area (Å²) in [6.45, 7) is 3.33. The van der Waals surface area contributed by atoms with Crippen LogP contribution < -0.4 is 0 Å². The first-order chi connectivity index (χ1) is 7.68. The Morgan fingerprint density at radius 2 is 1.94 bits per heavy atom. The maximum atomic E-state index is 12.1. The van der Waals surface area contributed by atoms with Crippen molar-refractivity contribution in [3.8, 4) is 0 Å². The standard InChI is InChI=1S/C13H22BrNO/c1-10-4-2-5-11(8-7-10)15-9-3-6-12(14)13(15)16/h10-12H,2-9H2,1H3. The van der Waals surface area contributed by atoms with Crippen molar-refractivity contribution in [1.82, 2.24) is 4.90 Å². The average molecular weight is 288 g/mol. The highest BCUT2D eigenvalue weighted by atomic mass is 79.9. The van der Waals surface area contributed by atoms with E-state index in [2.05, 4.69) is 27.8 Å². The fourth-order valence-electron chi connectivity index (χ4n) is 3.00. The van der Waals surface area contributed by atoms with Crippen LogP contribution >= 0.6 is 15.9 Å². The third kappa shape index (κ3) is 2.79. The van der Waals surface area contributed by atoms with Crippen molar-refractivity contribution in [2.45, 2.75) is 62.7 Å². The van der Waals surface area contributed by atoms with Crippen molar-refractivity contribution < 1.29 is 4.79 Å². The number of carbonyl (C=O) groups excluding carboxylic acids is 1. The van der Waals surface area contributed by atoms with Gasteiger partial charge in [-0.05, 0) is 38.0 Å². The summed E-state index contributed by atoms with van der Waals surface area (Å²) in [5.41, 5.74) is 0. The second-order valence-corrected chi connectivity index (χ2v) is 6.51. The van der Waals surface area contributed by atoms with E-state index in [0.29, 0.717) is 11.9 Å². The molecular weight excluding hydrogens is 266 g/mol. The molecule has 3 unspecified atom stereocenters. The van der Waals surface area contributed by atoms with Crippen LogP contribution in [0.2, 0.25) is 0 Å². The van der Waals surface area contributed by atoms with Gasteiger partial charge in [0.05, 0.1) is 4.83 Å². The minimum Gasteiger partial charge on any atom is -0.339 e. The molecule has 2 fully saturated rings. The molecular formula is C13H22BrNO. The molecule has 2 aliphatic rings. The summed E-state index contributed by atoms with van der Waals surface area (Å²) in [6.07, 6.45) is 8.54. The number of carbonyl (C=O) groups is 1. The number of alkyl halides is 1. The molecule has 0 spiro atoms. The number of nitrogens with zero attached hydrogens (tertiary/aromatic N) is 1. The molecule has 0 aromatic carbocycles. The van der Waals surface area contributed by atoms with E-state index in [1.165, 1.54) is 32.1 Å². The molecule has 1 heterocycles. The van der Waals surface area contributed by atoms with E-state index < -0.39 is 0 Å². The maximum absolute atomic E-state index is 12.1. The van der Waals surface area contributed by atoms with Crippen LogP contribution in [0, 0.1) is 5.92 Å². The molecule has 0 N–H and O–H groups in total. The summed E-state index contributed by atoms with van der Waals surface area (Å²) in [5.74, 6) is 1.19. The summed E-state index contributed by atoms with van der Waals surface area (Å²) in [7, 11) is 0. The Bertz CT molecular complexity index is 256. The van der Waals surface area contributed by atoms with Gasteiger partial charge in [-0.3, -0.25) is 4.79 Å². The number of halogens is 1. The lowest BCUT2D eigenvalue weighted by Gasteiger charge is -2.36. The summed E-state index contributed by atoms with van der Waals surface area (Å²) in [6, 6.07) is 0.526. The molecule has 0 aromatic rings. The molecule has 0 aromatic heterocycles. The molecule has 1 amide bonds. The van der Waals surface area contributed by atoms with Gasteiger partial charge < -0.3 is 4.90 Å². The summed E-state index contributed by atoms with van der Waals surface area (Å²) in [5, 5.41) is 0. The van der Waals surface area contributed by atoms with Crippen molar-refractivity contribution in [1.29, 1.82) is 0 Å². The van der Waals surface area contributed by atoms with E-state index in [4.69, 9.17) is 0 Å².